The Hall–Kier alpha value is -1.97. The van der Waals surface area contributed by atoms with Crippen LogP contribution in [0.3, 0.4) is 0 Å². The minimum atomic E-state index is -0.618. The van der Waals surface area contributed by atoms with E-state index in [0.29, 0.717) is 11.7 Å². The standard InChI is InChI=1S/C13H13FN2O/c1-9(2)10-3-5-11(6-4-10)17-13-8-15-12(14)7-16-13/h3-9H,1-2H3. The zero-order valence-corrected chi connectivity index (χ0v) is 9.72. The molecule has 2 rings (SSSR count). The summed E-state index contributed by atoms with van der Waals surface area (Å²) in [4.78, 5) is 7.24. The third-order valence-corrected chi connectivity index (χ3v) is 2.37. The maximum Gasteiger partial charge on any atom is 0.238 e. The fourth-order valence-electron chi connectivity index (χ4n) is 1.39. The van der Waals surface area contributed by atoms with E-state index in [1.54, 1.807) is 0 Å². The summed E-state index contributed by atoms with van der Waals surface area (Å²) in [7, 11) is 0. The van der Waals surface area contributed by atoms with Crippen molar-refractivity contribution in [1.29, 1.82) is 0 Å². The summed E-state index contributed by atoms with van der Waals surface area (Å²) < 4.78 is 18.0. The van der Waals surface area contributed by atoms with E-state index in [9.17, 15) is 4.39 Å². The van der Waals surface area contributed by atoms with Crippen LogP contribution in [0.4, 0.5) is 4.39 Å². The van der Waals surface area contributed by atoms with Crippen LogP contribution >= 0.6 is 0 Å². The Morgan fingerprint density at radius 1 is 1.06 bits per heavy atom. The van der Waals surface area contributed by atoms with Crippen molar-refractivity contribution in [3.05, 3.63) is 48.2 Å². The fourth-order valence-corrected chi connectivity index (χ4v) is 1.39. The molecule has 0 radical (unpaired) electrons. The van der Waals surface area contributed by atoms with Crippen LogP contribution in [0.1, 0.15) is 25.3 Å². The number of rotatable bonds is 3. The van der Waals surface area contributed by atoms with Gasteiger partial charge in [-0.05, 0) is 23.6 Å². The van der Waals surface area contributed by atoms with Crippen LogP contribution in [0.2, 0.25) is 0 Å². The van der Waals surface area contributed by atoms with Crippen LogP contribution in [0.5, 0.6) is 11.6 Å². The van der Waals surface area contributed by atoms with E-state index in [0.717, 1.165) is 6.20 Å². The molecule has 0 aliphatic carbocycles. The van der Waals surface area contributed by atoms with Gasteiger partial charge in [0.05, 0.1) is 12.4 Å². The largest absolute Gasteiger partial charge is 0.438 e. The number of hydrogen-bond donors (Lipinski definition) is 0. The van der Waals surface area contributed by atoms with Crippen molar-refractivity contribution in [2.24, 2.45) is 0 Å². The second-order valence-electron chi connectivity index (χ2n) is 4.00. The Morgan fingerprint density at radius 3 is 2.29 bits per heavy atom. The minimum absolute atomic E-state index is 0.281. The third-order valence-electron chi connectivity index (χ3n) is 2.37. The van der Waals surface area contributed by atoms with Crippen LogP contribution in [-0.4, -0.2) is 9.97 Å². The predicted octanol–water partition coefficient (Wildman–Crippen LogP) is 3.53. The maximum absolute atomic E-state index is 12.5. The first-order chi connectivity index (χ1) is 8.15. The van der Waals surface area contributed by atoms with Gasteiger partial charge in [0.25, 0.3) is 0 Å². The van der Waals surface area contributed by atoms with E-state index in [2.05, 4.69) is 23.8 Å². The molecule has 0 aliphatic heterocycles. The topological polar surface area (TPSA) is 35.0 Å². The molecule has 2 aromatic rings. The predicted molar refractivity (Wildman–Crippen MR) is 62.6 cm³/mol. The maximum atomic E-state index is 12.5. The van der Waals surface area contributed by atoms with Crippen molar-refractivity contribution in [2.75, 3.05) is 0 Å². The molecule has 1 aromatic carbocycles. The number of halogens is 1. The lowest BCUT2D eigenvalue weighted by molar-refractivity contribution is 0.451. The van der Waals surface area contributed by atoms with Crippen molar-refractivity contribution < 1.29 is 9.13 Å². The molecular weight excluding hydrogens is 219 g/mol. The van der Waals surface area contributed by atoms with Crippen molar-refractivity contribution >= 4 is 0 Å². The van der Waals surface area contributed by atoms with Crippen LogP contribution in [-0.2, 0) is 0 Å². The van der Waals surface area contributed by atoms with E-state index < -0.39 is 5.95 Å². The van der Waals surface area contributed by atoms with Crippen LogP contribution < -0.4 is 4.74 Å². The Morgan fingerprint density at radius 2 is 1.76 bits per heavy atom. The molecule has 88 valence electrons. The Kier molecular flexibility index (Phi) is 3.32. The molecule has 0 saturated carbocycles. The van der Waals surface area contributed by atoms with E-state index in [4.69, 9.17) is 4.74 Å². The highest BCUT2D eigenvalue weighted by Crippen LogP contribution is 2.22. The Balaban J connectivity index is 2.11. The van der Waals surface area contributed by atoms with Crippen molar-refractivity contribution in [2.45, 2.75) is 19.8 Å². The van der Waals surface area contributed by atoms with Crippen LogP contribution in [0, 0.1) is 5.95 Å². The van der Waals surface area contributed by atoms with Crippen molar-refractivity contribution in [3.63, 3.8) is 0 Å². The molecule has 3 nitrogen and oxygen atoms in total. The van der Waals surface area contributed by atoms with Gasteiger partial charge in [-0.3, -0.25) is 0 Å². The Bertz CT molecular complexity index is 480. The lowest BCUT2D eigenvalue weighted by Gasteiger charge is -2.07. The summed E-state index contributed by atoms with van der Waals surface area (Å²) in [5, 5.41) is 0. The lowest BCUT2D eigenvalue weighted by atomic mass is 10.0. The van der Waals surface area contributed by atoms with Gasteiger partial charge in [0.1, 0.15) is 5.75 Å². The lowest BCUT2D eigenvalue weighted by Crippen LogP contribution is -1.92. The molecule has 0 aliphatic rings. The second-order valence-corrected chi connectivity index (χ2v) is 4.00. The van der Waals surface area contributed by atoms with Gasteiger partial charge in [-0.25, -0.2) is 9.97 Å². The smallest absolute Gasteiger partial charge is 0.238 e. The van der Waals surface area contributed by atoms with Gasteiger partial charge in [-0.1, -0.05) is 26.0 Å². The molecule has 0 saturated heterocycles. The molecule has 0 unspecified atom stereocenters. The van der Waals surface area contributed by atoms with Gasteiger partial charge < -0.3 is 4.74 Å². The number of aromatic nitrogens is 2. The molecular formula is C13H13FN2O. The highest BCUT2D eigenvalue weighted by atomic mass is 19.1. The third kappa shape index (κ3) is 3.00. The summed E-state index contributed by atoms with van der Waals surface area (Å²) in [5.74, 6) is 0.807. The number of ether oxygens (including phenoxy) is 1. The van der Waals surface area contributed by atoms with Crippen molar-refractivity contribution in [1.82, 2.24) is 9.97 Å². The summed E-state index contributed by atoms with van der Waals surface area (Å²) in [6.45, 7) is 4.25. The highest BCUT2D eigenvalue weighted by Gasteiger charge is 2.02. The van der Waals surface area contributed by atoms with Gasteiger partial charge in [0.15, 0.2) is 0 Å². The molecule has 0 N–H and O–H groups in total. The monoisotopic (exact) mass is 232 g/mol. The Labute approximate surface area is 99.3 Å². The molecule has 4 heteroatoms. The van der Waals surface area contributed by atoms with Gasteiger partial charge in [0.2, 0.25) is 11.8 Å². The van der Waals surface area contributed by atoms with Gasteiger partial charge >= 0.3 is 0 Å². The normalized spacial score (nSPS) is 10.6. The van der Waals surface area contributed by atoms with Gasteiger partial charge in [-0.15, -0.1) is 0 Å². The molecule has 1 heterocycles. The number of benzene rings is 1. The molecule has 0 spiro atoms. The van der Waals surface area contributed by atoms with Gasteiger partial charge in [0, 0.05) is 0 Å². The van der Waals surface area contributed by atoms with E-state index >= 15 is 0 Å². The first-order valence-corrected chi connectivity index (χ1v) is 5.40. The zero-order valence-electron chi connectivity index (χ0n) is 9.72. The molecule has 1 aromatic heterocycles. The van der Waals surface area contributed by atoms with E-state index in [-0.39, 0.29) is 5.88 Å². The van der Waals surface area contributed by atoms with Crippen LogP contribution in [0.25, 0.3) is 0 Å². The fraction of sp³-hybridized carbons (Fsp3) is 0.231. The first kappa shape index (κ1) is 11.5. The quantitative estimate of drug-likeness (QED) is 0.812. The molecule has 0 amide bonds. The molecule has 0 bridgehead atoms. The average molecular weight is 232 g/mol. The summed E-state index contributed by atoms with van der Waals surface area (Å²) in [5.41, 5.74) is 1.24. The number of nitrogens with zero attached hydrogens (tertiary/aromatic N) is 2. The summed E-state index contributed by atoms with van der Waals surface area (Å²) >= 11 is 0. The zero-order chi connectivity index (χ0) is 12.3. The second kappa shape index (κ2) is 4.91. The van der Waals surface area contributed by atoms with Crippen molar-refractivity contribution in [3.8, 4) is 11.6 Å². The SMILES string of the molecule is CC(C)c1ccc(Oc2cnc(F)cn2)cc1. The summed E-state index contributed by atoms with van der Waals surface area (Å²) in [6, 6.07) is 7.72. The minimum Gasteiger partial charge on any atom is -0.438 e. The number of hydrogen-bond acceptors (Lipinski definition) is 3. The summed E-state index contributed by atoms with van der Waals surface area (Å²) in [6.07, 6.45) is 2.28. The highest BCUT2D eigenvalue weighted by molar-refractivity contribution is 5.31. The van der Waals surface area contributed by atoms with Crippen LogP contribution in [0.15, 0.2) is 36.7 Å². The van der Waals surface area contributed by atoms with E-state index in [1.165, 1.54) is 11.8 Å². The molecule has 0 atom stereocenters. The molecule has 17 heavy (non-hydrogen) atoms. The first-order valence-electron chi connectivity index (χ1n) is 5.40. The average Bonchev–Trinajstić information content (AvgIpc) is 2.33. The van der Waals surface area contributed by atoms with Gasteiger partial charge in [-0.2, -0.15) is 4.39 Å². The molecule has 0 fully saturated rings. The van der Waals surface area contributed by atoms with E-state index in [1.807, 2.05) is 24.3 Å².